The molecule has 0 saturated carbocycles. The largest absolute Gasteiger partial charge is 0.472 e. The van der Waals surface area contributed by atoms with Crippen LogP contribution in [0.25, 0.3) is 0 Å². The van der Waals surface area contributed by atoms with Crippen molar-refractivity contribution in [2.75, 3.05) is 5.32 Å². The van der Waals surface area contributed by atoms with Crippen LogP contribution < -0.4 is 10.1 Å². The molecule has 0 aliphatic heterocycles. The first kappa shape index (κ1) is 17.4. The molecule has 0 bridgehead atoms. The first-order valence-corrected chi connectivity index (χ1v) is 9.04. The van der Waals surface area contributed by atoms with Crippen LogP contribution in [-0.4, -0.2) is 20.8 Å². The van der Waals surface area contributed by atoms with Gasteiger partial charge < -0.3 is 10.1 Å². The van der Waals surface area contributed by atoms with Gasteiger partial charge in [0.1, 0.15) is 10.6 Å². The van der Waals surface area contributed by atoms with E-state index in [1.165, 1.54) is 5.56 Å². The Labute approximate surface area is 152 Å². The van der Waals surface area contributed by atoms with Gasteiger partial charge in [-0.1, -0.05) is 47.7 Å². The van der Waals surface area contributed by atoms with Gasteiger partial charge in [0.15, 0.2) is 0 Å². The molecule has 5 nitrogen and oxygen atoms in total. The Bertz CT molecular complexity index is 794. The van der Waals surface area contributed by atoms with E-state index >= 15 is 0 Å². The average Bonchev–Trinajstić information content (AvgIpc) is 3.01. The summed E-state index contributed by atoms with van der Waals surface area (Å²) in [5, 5.41) is 13.6. The summed E-state index contributed by atoms with van der Waals surface area (Å²) in [6.07, 6.45) is 2.63. The van der Waals surface area contributed by atoms with Crippen LogP contribution >= 0.6 is 11.3 Å². The van der Waals surface area contributed by atoms with E-state index in [9.17, 15) is 0 Å². The van der Waals surface area contributed by atoms with Crippen molar-refractivity contribution in [3.05, 3.63) is 64.8 Å². The van der Waals surface area contributed by atoms with Crippen molar-refractivity contribution in [3.8, 4) is 5.88 Å². The number of nitrogens with zero attached hydrogens (tertiary/aromatic N) is 3. The first-order chi connectivity index (χ1) is 12.0. The Morgan fingerprint density at radius 1 is 1.00 bits per heavy atom. The summed E-state index contributed by atoms with van der Waals surface area (Å²) in [5.74, 6) is 0.636. The molecule has 6 heteroatoms. The van der Waals surface area contributed by atoms with Crippen molar-refractivity contribution in [3.63, 3.8) is 0 Å². The molecule has 1 N–H and O–H groups in total. The molecule has 3 rings (SSSR count). The fourth-order valence-corrected chi connectivity index (χ4v) is 3.00. The van der Waals surface area contributed by atoms with E-state index < -0.39 is 0 Å². The number of pyridine rings is 1. The van der Waals surface area contributed by atoms with Crippen molar-refractivity contribution in [1.29, 1.82) is 0 Å². The van der Waals surface area contributed by atoms with Crippen molar-refractivity contribution in [1.82, 2.24) is 15.2 Å². The zero-order chi connectivity index (χ0) is 17.7. The Morgan fingerprint density at radius 2 is 1.80 bits per heavy atom. The molecule has 2 heterocycles. The highest BCUT2D eigenvalue weighted by Gasteiger charge is 2.12. The van der Waals surface area contributed by atoms with Gasteiger partial charge in [-0.05, 0) is 31.9 Å². The van der Waals surface area contributed by atoms with Crippen LogP contribution in [0.5, 0.6) is 5.88 Å². The summed E-state index contributed by atoms with van der Waals surface area (Å²) in [6, 6.07) is 14.2. The lowest BCUT2D eigenvalue weighted by molar-refractivity contribution is 0.124. The number of hydrogen-bond acceptors (Lipinski definition) is 6. The van der Waals surface area contributed by atoms with Crippen LogP contribution in [0.4, 0.5) is 5.13 Å². The first-order valence-electron chi connectivity index (χ1n) is 8.22. The molecule has 0 amide bonds. The van der Waals surface area contributed by atoms with Crippen molar-refractivity contribution < 1.29 is 4.74 Å². The second-order valence-corrected chi connectivity index (χ2v) is 7.80. The van der Waals surface area contributed by atoms with E-state index in [0.29, 0.717) is 12.4 Å². The van der Waals surface area contributed by atoms with Gasteiger partial charge in [0.05, 0.1) is 0 Å². The molecule has 3 aromatic rings. The topological polar surface area (TPSA) is 59.9 Å². The minimum Gasteiger partial charge on any atom is -0.472 e. The highest BCUT2D eigenvalue weighted by atomic mass is 32.1. The summed E-state index contributed by atoms with van der Waals surface area (Å²) in [4.78, 5) is 4.34. The molecule has 130 valence electrons. The van der Waals surface area contributed by atoms with Gasteiger partial charge in [-0.2, -0.15) is 0 Å². The maximum Gasteiger partial charge on any atom is 0.213 e. The molecule has 0 fully saturated rings. The van der Waals surface area contributed by atoms with Gasteiger partial charge in [0, 0.05) is 25.2 Å². The maximum absolute atomic E-state index is 5.73. The minimum atomic E-state index is -0.242. The van der Waals surface area contributed by atoms with Gasteiger partial charge in [-0.25, -0.2) is 4.98 Å². The normalized spacial score (nSPS) is 11.3. The van der Waals surface area contributed by atoms with Crippen molar-refractivity contribution >= 4 is 16.5 Å². The van der Waals surface area contributed by atoms with Gasteiger partial charge in [0.25, 0.3) is 0 Å². The zero-order valence-electron chi connectivity index (χ0n) is 14.7. The fraction of sp³-hybridized carbons (Fsp3) is 0.316. The second-order valence-electron chi connectivity index (χ2n) is 6.74. The summed E-state index contributed by atoms with van der Waals surface area (Å²) in [6.45, 7) is 6.68. The van der Waals surface area contributed by atoms with Gasteiger partial charge in [-0.3, -0.25) is 0 Å². The van der Waals surface area contributed by atoms with Crippen LogP contribution in [0, 0.1) is 0 Å². The number of hydrogen-bond donors (Lipinski definition) is 1. The molecular formula is C19H22N4OS. The molecule has 0 radical (unpaired) electrons. The van der Waals surface area contributed by atoms with E-state index in [1.54, 1.807) is 11.3 Å². The molecule has 0 aliphatic carbocycles. The number of nitrogens with one attached hydrogen (secondary N) is 1. The second kappa shape index (κ2) is 7.61. The number of rotatable bonds is 6. The third-order valence-electron chi connectivity index (χ3n) is 3.32. The molecule has 0 atom stereocenters. The molecule has 2 aromatic heterocycles. The van der Waals surface area contributed by atoms with E-state index in [1.807, 2.05) is 57.3 Å². The molecule has 1 aromatic carbocycles. The fourth-order valence-electron chi connectivity index (χ4n) is 2.23. The van der Waals surface area contributed by atoms with E-state index in [2.05, 4.69) is 32.6 Å². The van der Waals surface area contributed by atoms with Gasteiger partial charge >= 0.3 is 0 Å². The zero-order valence-corrected chi connectivity index (χ0v) is 15.5. The van der Waals surface area contributed by atoms with Gasteiger partial charge in [-0.15, -0.1) is 10.2 Å². The number of benzene rings is 1. The molecule has 0 spiro atoms. The Morgan fingerprint density at radius 3 is 2.48 bits per heavy atom. The summed E-state index contributed by atoms with van der Waals surface area (Å²) in [5.41, 5.74) is 2.07. The molecular weight excluding hydrogens is 332 g/mol. The molecule has 0 unspecified atom stereocenters. The van der Waals surface area contributed by atoms with Crippen molar-refractivity contribution in [2.24, 2.45) is 0 Å². The van der Waals surface area contributed by atoms with Crippen molar-refractivity contribution in [2.45, 2.75) is 39.3 Å². The van der Waals surface area contributed by atoms with E-state index in [0.717, 1.165) is 22.1 Å². The Balaban J connectivity index is 1.53. The summed E-state index contributed by atoms with van der Waals surface area (Å²) in [7, 11) is 0. The van der Waals surface area contributed by atoms with Crippen LogP contribution in [0.2, 0.25) is 0 Å². The molecule has 0 aliphatic rings. The quantitative estimate of drug-likeness (QED) is 0.714. The maximum atomic E-state index is 5.73. The Kier molecular flexibility index (Phi) is 5.28. The van der Waals surface area contributed by atoms with Crippen LogP contribution in [0.1, 0.15) is 36.9 Å². The number of anilines is 1. The standard InChI is InChI=1S/C19H22N4OS/c1-19(2,3)24-16-10-9-15(12-20-16)13-21-18-23-22-17(25-18)11-14-7-5-4-6-8-14/h4-10,12H,11,13H2,1-3H3,(H,21,23). The van der Waals surface area contributed by atoms with E-state index in [4.69, 9.17) is 4.74 Å². The SMILES string of the molecule is CC(C)(C)Oc1ccc(CNc2nnc(Cc3ccccc3)s2)cn1. The highest BCUT2D eigenvalue weighted by Crippen LogP contribution is 2.20. The summed E-state index contributed by atoms with van der Waals surface area (Å²) < 4.78 is 5.73. The summed E-state index contributed by atoms with van der Waals surface area (Å²) >= 11 is 1.58. The van der Waals surface area contributed by atoms with Gasteiger partial charge in [0.2, 0.25) is 11.0 Å². The van der Waals surface area contributed by atoms with E-state index in [-0.39, 0.29) is 5.60 Å². The predicted octanol–water partition coefficient (Wildman–Crippen LogP) is 4.31. The monoisotopic (exact) mass is 354 g/mol. The minimum absolute atomic E-state index is 0.242. The lowest BCUT2D eigenvalue weighted by atomic mass is 10.2. The smallest absolute Gasteiger partial charge is 0.213 e. The third kappa shape index (κ3) is 5.53. The predicted molar refractivity (Wildman–Crippen MR) is 101 cm³/mol. The van der Waals surface area contributed by atoms with Crippen LogP contribution in [-0.2, 0) is 13.0 Å². The molecule has 0 saturated heterocycles. The number of ether oxygens (including phenoxy) is 1. The van der Waals surface area contributed by atoms with Crippen LogP contribution in [0.3, 0.4) is 0 Å². The lowest BCUT2D eigenvalue weighted by Crippen LogP contribution is -2.23. The molecule has 25 heavy (non-hydrogen) atoms. The van der Waals surface area contributed by atoms with Crippen LogP contribution in [0.15, 0.2) is 48.7 Å². The highest BCUT2D eigenvalue weighted by molar-refractivity contribution is 7.15. The third-order valence-corrected chi connectivity index (χ3v) is 4.20. The lowest BCUT2D eigenvalue weighted by Gasteiger charge is -2.20. The Hall–Kier alpha value is -2.47. The average molecular weight is 354 g/mol. The number of aromatic nitrogens is 3.